The highest BCUT2D eigenvalue weighted by Gasteiger charge is 2.39. The number of alkyl halides is 8. The summed E-state index contributed by atoms with van der Waals surface area (Å²) in [5, 5.41) is 32.3. The van der Waals surface area contributed by atoms with Crippen LogP contribution in [0.5, 0.6) is 46.0 Å². The van der Waals surface area contributed by atoms with E-state index in [9.17, 15) is 74.1 Å². The molecule has 0 radical (unpaired) electrons. The molecule has 4 fully saturated rings. The van der Waals surface area contributed by atoms with Gasteiger partial charge in [-0.25, -0.2) is 19.9 Å². The largest absolute Gasteiger partial charge is 0.496 e. The maximum atomic E-state index is 13.2. The molecule has 28 nitrogen and oxygen atoms in total. The molecule has 4 amide bonds. The number of halogens is 8. The standard InChI is InChI=1S/C26H31F2N3O4.C26H29F2N3O4.C25H29F2N3O4.C25H27F2N3O4/c2*1-14(2)23(32)26(3,4)16-8-9-31-18(13-29-21(31)12-16)15-10-19(34-5)22(20(11-15)35-25(27)28)24(33)30-17-6-7-17;2*1-5-20(31)25(2,3)15-8-9-30-17(13-28-21(30)12-15)14-10-18(33-4)22(19(11-14)34-24(26)27)23(32)29-16-6-7-16/h8-14,17,23,25,32H,6-7H2,1-5H3,(H,30,33);8-14,17,25H,6-7H2,1-5H3,(H,30,33);8-13,16,20,24,31H,5-7H2,1-4H3,(H,29,32);8-13,16,24H,5-7H2,1-4H3,(H,29,32). The van der Waals surface area contributed by atoms with E-state index < -0.39 is 83.9 Å². The molecule has 736 valence electrons. The molecule has 4 saturated carbocycles. The number of nitrogens with zero attached hydrogens (tertiary/aromatic N) is 8. The van der Waals surface area contributed by atoms with E-state index in [2.05, 4.69) is 41.2 Å². The van der Waals surface area contributed by atoms with Gasteiger partial charge in [0, 0.05) is 105 Å². The smallest absolute Gasteiger partial charge is 0.387 e. The van der Waals surface area contributed by atoms with Crippen LogP contribution in [0.15, 0.2) is 147 Å². The Morgan fingerprint density at radius 1 is 0.377 bits per heavy atom. The Morgan fingerprint density at radius 3 is 0.855 bits per heavy atom. The molecule has 8 aromatic heterocycles. The van der Waals surface area contributed by atoms with Gasteiger partial charge in [-0.2, -0.15) is 35.1 Å². The number of Topliss-reactive ketones (excluding diaryl/α,β-unsaturated/α-hetero) is 2. The van der Waals surface area contributed by atoms with E-state index in [4.69, 9.17) is 37.9 Å². The maximum absolute atomic E-state index is 13.2. The highest BCUT2D eigenvalue weighted by molar-refractivity contribution is 6.04. The number of ether oxygens (including phenoxy) is 8. The van der Waals surface area contributed by atoms with E-state index in [0.29, 0.717) is 80.5 Å². The summed E-state index contributed by atoms with van der Waals surface area (Å²) >= 11 is 0. The van der Waals surface area contributed by atoms with Gasteiger partial charge in [-0.1, -0.05) is 69.2 Å². The van der Waals surface area contributed by atoms with Crippen molar-refractivity contribution in [2.24, 2.45) is 11.8 Å². The summed E-state index contributed by atoms with van der Waals surface area (Å²) in [4.78, 5) is 94.0. The lowest BCUT2D eigenvalue weighted by molar-refractivity contribution is -0.126. The Bertz CT molecular complexity index is 6510. The van der Waals surface area contributed by atoms with Gasteiger partial charge in [-0.05, 0) is 211 Å². The molecule has 36 heteroatoms. The molecule has 4 aliphatic carbocycles. The lowest BCUT2D eigenvalue weighted by Gasteiger charge is -2.33. The number of pyridine rings is 4. The summed E-state index contributed by atoms with van der Waals surface area (Å²) in [6, 6.07) is 27.1. The van der Waals surface area contributed by atoms with Crippen LogP contribution in [0, 0.1) is 11.8 Å². The molecule has 4 aliphatic rings. The molecule has 0 aliphatic heterocycles. The van der Waals surface area contributed by atoms with Gasteiger partial charge in [0.05, 0.1) is 88.2 Å². The number of rotatable bonds is 36. The van der Waals surface area contributed by atoms with Crippen molar-refractivity contribution >= 4 is 57.8 Å². The van der Waals surface area contributed by atoms with Crippen molar-refractivity contribution in [1.29, 1.82) is 0 Å². The number of carbonyl (C=O) groups excluding carboxylic acids is 6. The van der Waals surface area contributed by atoms with Crippen LogP contribution >= 0.6 is 0 Å². The second-order valence-electron chi connectivity index (χ2n) is 37.5. The summed E-state index contributed by atoms with van der Waals surface area (Å²) in [6.45, 7) is 14.4. The molecule has 2 atom stereocenters. The molecule has 0 saturated heterocycles. The van der Waals surface area contributed by atoms with Crippen molar-refractivity contribution in [1.82, 2.24) is 58.8 Å². The SMILES string of the molecule is CCC(=O)C(C)(C)c1ccn2c(-c3cc(OC)c(C(=O)NC4CC4)c(OC(F)F)c3)cnc2c1.CCC(O)C(C)(C)c1ccn2c(-c3cc(OC)c(C(=O)NC4CC4)c(OC(F)F)c3)cnc2c1.COc1cc(-c2cnc3cc(C(C)(C)C(=O)C(C)C)ccn23)cc(OC(F)F)c1C(=O)NC1CC1.COc1cc(-c2cnc3cc(C(C)(C)C(O)C(C)C)ccn23)cc(OC(F)F)c1C(=O)NC1CC1. The molecule has 0 bridgehead atoms. The van der Waals surface area contributed by atoms with Crippen molar-refractivity contribution in [3.8, 4) is 91.0 Å². The number of fused-ring (bicyclic) bond motifs is 4. The number of nitrogens with one attached hydrogen (secondary N) is 4. The number of imidazole rings is 4. The molecular formula is C102H116F8N12O16. The molecular weight excluding hydrogens is 1800 g/mol. The van der Waals surface area contributed by atoms with Gasteiger partial charge < -0.3 is 69.4 Å². The normalized spacial score (nSPS) is 14.4. The number of hydrogen-bond acceptors (Lipinski definition) is 20. The van der Waals surface area contributed by atoms with E-state index in [1.54, 1.807) is 70.2 Å². The van der Waals surface area contributed by atoms with E-state index in [1.807, 2.05) is 167 Å². The fourth-order valence-corrected chi connectivity index (χ4v) is 16.7. The first kappa shape index (κ1) is 102. The minimum atomic E-state index is -3.12. The highest BCUT2D eigenvalue weighted by atomic mass is 19.3. The van der Waals surface area contributed by atoms with E-state index >= 15 is 0 Å². The summed E-state index contributed by atoms with van der Waals surface area (Å²) in [7, 11) is 5.49. The first-order chi connectivity index (χ1) is 65.3. The number of carbonyl (C=O) groups is 6. The van der Waals surface area contributed by atoms with Gasteiger partial charge in [-0.3, -0.25) is 46.4 Å². The maximum Gasteiger partial charge on any atom is 0.387 e. The molecule has 8 heterocycles. The summed E-state index contributed by atoms with van der Waals surface area (Å²) in [6.07, 6.45) is 20.4. The third-order valence-corrected chi connectivity index (χ3v) is 25.5. The minimum absolute atomic E-state index is 0.0334. The van der Waals surface area contributed by atoms with Crippen LogP contribution in [-0.4, -0.2) is 174 Å². The molecule has 0 spiro atoms. The number of methoxy groups -OCH3 is 4. The Hall–Kier alpha value is -13.4. The van der Waals surface area contributed by atoms with Crippen molar-refractivity contribution in [2.45, 2.75) is 246 Å². The van der Waals surface area contributed by atoms with Crippen LogP contribution in [0.25, 0.3) is 67.6 Å². The predicted octanol–water partition coefficient (Wildman–Crippen LogP) is 19.1. The molecule has 6 N–H and O–H groups in total. The van der Waals surface area contributed by atoms with E-state index in [1.165, 1.54) is 52.7 Å². The van der Waals surface area contributed by atoms with Gasteiger partial charge in [0.2, 0.25) is 0 Å². The Balaban J connectivity index is 0.000000155. The summed E-state index contributed by atoms with van der Waals surface area (Å²) < 4.78 is 154. The van der Waals surface area contributed by atoms with Crippen LogP contribution in [0.2, 0.25) is 0 Å². The van der Waals surface area contributed by atoms with Crippen LogP contribution in [0.3, 0.4) is 0 Å². The van der Waals surface area contributed by atoms with E-state index in [0.717, 1.165) is 73.6 Å². The number of aliphatic hydroxyl groups is 2. The van der Waals surface area contributed by atoms with Crippen LogP contribution in [0.4, 0.5) is 35.1 Å². The Kier molecular flexibility index (Phi) is 31.0. The number of aliphatic hydroxyl groups excluding tert-OH is 2. The molecule has 138 heavy (non-hydrogen) atoms. The quantitative estimate of drug-likeness (QED) is 0.0199. The second-order valence-corrected chi connectivity index (χ2v) is 37.5. The van der Waals surface area contributed by atoms with Crippen molar-refractivity contribution in [2.75, 3.05) is 28.4 Å². The molecule has 4 aromatic carbocycles. The van der Waals surface area contributed by atoms with Gasteiger partial charge in [0.1, 0.15) is 102 Å². The first-order valence-electron chi connectivity index (χ1n) is 45.6. The van der Waals surface area contributed by atoms with Crippen molar-refractivity contribution in [3.05, 3.63) is 191 Å². The van der Waals surface area contributed by atoms with Crippen molar-refractivity contribution < 1.29 is 112 Å². The van der Waals surface area contributed by atoms with Gasteiger partial charge in [-0.15, -0.1) is 0 Å². The Labute approximate surface area is 792 Å². The monoisotopic (exact) mass is 1920 g/mol. The number of amides is 4. The molecule has 12 aromatic rings. The topological polar surface area (TPSA) is 334 Å². The molecule has 2 unspecified atom stereocenters. The van der Waals surface area contributed by atoms with Crippen LogP contribution in [-0.2, 0) is 31.2 Å². The van der Waals surface area contributed by atoms with Gasteiger partial charge in [0.15, 0.2) is 0 Å². The van der Waals surface area contributed by atoms with Crippen LogP contribution < -0.4 is 59.2 Å². The third kappa shape index (κ3) is 22.7. The second kappa shape index (κ2) is 41.9. The number of aromatic nitrogens is 8. The number of benzene rings is 4. The third-order valence-electron chi connectivity index (χ3n) is 25.5. The lowest BCUT2D eigenvalue weighted by Crippen LogP contribution is -2.37. The minimum Gasteiger partial charge on any atom is -0.496 e. The van der Waals surface area contributed by atoms with Crippen molar-refractivity contribution in [3.63, 3.8) is 0 Å². The van der Waals surface area contributed by atoms with Crippen LogP contribution in [0.1, 0.15) is 225 Å². The summed E-state index contributed by atoms with van der Waals surface area (Å²) in [5.74, 6) is -2.46. The first-order valence-corrected chi connectivity index (χ1v) is 45.6. The van der Waals surface area contributed by atoms with Gasteiger partial charge in [0.25, 0.3) is 23.6 Å². The number of hydrogen-bond donors (Lipinski definition) is 6. The fourth-order valence-electron chi connectivity index (χ4n) is 16.7. The zero-order chi connectivity index (χ0) is 100. The summed E-state index contributed by atoms with van der Waals surface area (Å²) in [5.41, 5.74) is 7.73. The predicted molar refractivity (Wildman–Crippen MR) is 502 cm³/mol. The zero-order valence-corrected chi connectivity index (χ0v) is 80.1. The van der Waals surface area contributed by atoms with Gasteiger partial charge >= 0.3 is 26.4 Å². The average Bonchev–Trinajstić information content (AvgIpc) is 1.29. The lowest BCUT2D eigenvalue weighted by atomic mass is 9.75. The zero-order valence-electron chi connectivity index (χ0n) is 80.1. The fraction of sp³-hybridized carbons (Fsp3) is 0.431. The van der Waals surface area contributed by atoms with E-state index in [-0.39, 0.29) is 116 Å². The highest BCUT2D eigenvalue weighted by Crippen LogP contribution is 2.45. The average molecular weight is 1920 g/mol. The Morgan fingerprint density at radius 2 is 0.623 bits per heavy atom. The molecule has 16 rings (SSSR count). The number of ketones is 2.